The van der Waals surface area contributed by atoms with Crippen molar-refractivity contribution in [3.05, 3.63) is 78.2 Å². The standard InChI is InChI=1S/C31H35N9O2/c1-21-4-3-5-26(34-21)29-32-14-10-27(37-29)36-28-11-15-33-31(38-28)35-24-8-6-22(7-9-24)18-40-17-12-23(19-40)30(41)42-25-13-16-39(2)20-25/h3-11,14-15,23,25H,12-13,16-20H2,1-2H3,(H2,32,33,35,36,37,38)/t23?,25-/m1/s1. The fourth-order valence-corrected chi connectivity index (χ4v) is 5.34. The Morgan fingerprint density at radius 2 is 1.71 bits per heavy atom. The van der Waals surface area contributed by atoms with Gasteiger partial charge in [-0.1, -0.05) is 18.2 Å². The lowest BCUT2D eigenvalue weighted by atomic mass is 10.1. The van der Waals surface area contributed by atoms with E-state index in [1.165, 1.54) is 5.56 Å². The highest BCUT2D eigenvalue weighted by molar-refractivity contribution is 5.73. The third-order valence-electron chi connectivity index (χ3n) is 7.54. The zero-order valence-electron chi connectivity index (χ0n) is 23.9. The number of ether oxygens (including phenoxy) is 1. The fraction of sp³-hybridized carbons (Fsp3) is 0.355. The first-order valence-electron chi connectivity index (χ1n) is 14.3. The van der Waals surface area contributed by atoms with Crippen LogP contribution in [-0.2, 0) is 16.1 Å². The maximum absolute atomic E-state index is 12.6. The molecular weight excluding hydrogens is 530 g/mol. The van der Waals surface area contributed by atoms with Crippen LogP contribution < -0.4 is 10.6 Å². The van der Waals surface area contributed by atoms with E-state index in [1.54, 1.807) is 24.5 Å². The summed E-state index contributed by atoms with van der Waals surface area (Å²) in [5.41, 5.74) is 3.69. The van der Waals surface area contributed by atoms with Crippen molar-refractivity contribution < 1.29 is 9.53 Å². The molecule has 1 aromatic carbocycles. The van der Waals surface area contributed by atoms with Crippen molar-refractivity contribution in [1.29, 1.82) is 0 Å². The normalized spacial score (nSPS) is 19.1. The number of carbonyl (C=O) groups is 1. The van der Waals surface area contributed by atoms with E-state index in [2.05, 4.69) is 64.5 Å². The van der Waals surface area contributed by atoms with Crippen LogP contribution in [0.1, 0.15) is 24.1 Å². The summed E-state index contributed by atoms with van der Waals surface area (Å²) in [7, 11) is 2.06. The number of nitrogens with one attached hydrogen (secondary N) is 2. The summed E-state index contributed by atoms with van der Waals surface area (Å²) < 4.78 is 5.76. The molecule has 2 aliphatic heterocycles. The Morgan fingerprint density at radius 3 is 2.50 bits per heavy atom. The number of hydrogen-bond acceptors (Lipinski definition) is 11. The number of pyridine rings is 1. The molecule has 0 radical (unpaired) electrons. The van der Waals surface area contributed by atoms with Gasteiger partial charge in [0, 0.05) is 50.0 Å². The molecule has 11 heteroatoms. The van der Waals surface area contributed by atoms with Gasteiger partial charge in [-0.2, -0.15) is 4.98 Å². The molecule has 2 atom stereocenters. The molecule has 11 nitrogen and oxygen atoms in total. The molecule has 42 heavy (non-hydrogen) atoms. The molecule has 1 unspecified atom stereocenters. The van der Waals surface area contributed by atoms with Crippen molar-refractivity contribution in [1.82, 2.24) is 34.7 Å². The molecule has 2 saturated heterocycles. The third kappa shape index (κ3) is 7.04. The van der Waals surface area contributed by atoms with Gasteiger partial charge in [-0.05, 0) is 75.3 Å². The van der Waals surface area contributed by atoms with Crippen LogP contribution >= 0.6 is 0 Å². The van der Waals surface area contributed by atoms with Crippen LogP contribution in [0.5, 0.6) is 0 Å². The summed E-state index contributed by atoms with van der Waals surface area (Å²) in [4.78, 5) is 39.6. The lowest BCUT2D eigenvalue weighted by Gasteiger charge is -2.18. The predicted molar refractivity (Wildman–Crippen MR) is 160 cm³/mol. The molecule has 5 heterocycles. The Bertz CT molecular complexity index is 1530. The quantitative estimate of drug-likeness (QED) is 0.284. The average Bonchev–Trinajstić information content (AvgIpc) is 3.63. The summed E-state index contributed by atoms with van der Waals surface area (Å²) in [6.45, 7) is 6.20. The van der Waals surface area contributed by atoms with Gasteiger partial charge >= 0.3 is 5.97 Å². The van der Waals surface area contributed by atoms with Crippen molar-refractivity contribution in [3.63, 3.8) is 0 Å². The minimum atomic E-state index is -0.0440. The third-order valence-corrected chi connectivity index (χ3v) is 7.54. The van der Waals surface area contributed by atoms with E-state index in [4.69, 9.17) is 4.74 Å². The van der Waals surface area contributed by atoms with E-state index in [0.717, 1.165) is 56.9 Å². The molecule has 2 fully saturated rings. The van der Waals surface area contributed by atoms with Crippen LogP contribution in [0.15, 0.2) is 67.0 Å². The number of esters is 1. The summed E-state index contributed by atoms with van der Waals surface area (Å²) in [6, 6.07) is 17.5. The molecule has 0 amide bonds. The molecule has 0 saturated carbocycles. The number of hydrogen-bond donors (Lipinski definition) is 2. The van der Waals surface area contributed by atoms with Gasteiger partial charge < -0.3 is 20.3 Å². The van der Waals surface area contributed by atoms with Crippen molar-refractivity contribution in [2.45, 2.75) is 32.4 Å². The monoisotopic (exact) mass is 565 g/mol. The minimum Gasteiger partial charge on any atom is -0.461 e. The highest BCUT2D eigenvalue weighted by Gasteiger charge is 2.32. The first kappa shape index (κ1) is 27.7. The van der Waals surface area contributed by atoms with E-state index in [-0.39, 0.29) is 18.0 Å². The Kier molecular flexibility index (Phi) is 8.29. The second kappa shape index (κ2) is 12.6. The molecule has 0 aliphatic carbocycles. The molecule has 216 valence electrons. The van der Waals surface area contributed by atoms with Gasteiger partial charge in [-0.15, -0.1) is 0 Å². The number of benzene rings is 1. The molecular formula is C31H35N9O2. The Balaban J connectivity index is 1.02. The van der Waals surface area contributed by atoms with Crippen LogP contribution in [0.4, 0.5) is 23.3 Å². The Labute approximate surface area is 245 Å². The van der Waals surface area contributed by atoms with Crippen LogP contribution in [0.25, 0.3) is 11.5 Å². The summed E-state index contributed by atoms with van der Waals surface area (Å²) in [5, 5.41) is 6.50. The lowest BCUT2D eigenvalue weighted by molar-refractivity contribution is -0.152. The molecule has 0 spiro atoms. The van der Waals surface area contributed by atoms with Gasteiger partial charge in [-0.25, -0.2) is 19.9 Å². The largest absolute Gasteiger partial charge is 0.461 e. The van der Waals surface area contributed by atoms with E-state index >= 15 is 0 Å². The smallest absolute Gasteiger partial charge is 0.310 e. The first-order valence-corrected chi connectivity index (χ1v) is 14.3. The second-order valence-corrected chi connectivity index (χ2v) is 11.0. The number of likely N-dealkylation sites (tertiary alicyclic amines) is 2. The molecule has 6 rings (SSSR count). The SMILES string of the molecule is Cc1cccc(-c2nccc(Nc3ccnc(Nc4ccc(CN5CCC(C(=O)O[C@@H]6CCN(C)C6)C5)cc4)n3)n2)n1. The fourth-order valence-electron chi connectivity index (χ4n) is 5.34. The van der Waals surface area contributed by atoms with E-state index < -0.39 is 0 Å². The van der Waals surface area contributed by atoms with E-state index in [9.17, 15) is 4.79 Å². The predicted octanol–water partition coefficient (Wildman–Crippen LogP) is 4.19. The van der Waals surface area contributed by atoms with Crippen molar-refractivity contribution in [3.8, 4) is 11.5 Å². The Hall–Kier alpha value is -4.48. The molecule has 2 aliphatic rings. The van der Waals surface area contributed by atoms with Crippen molar-refractivity contribution >= 4 is 29.2 Å². The molecule has 0 bridgehead atoms. The number of aromatic nitrogens is 5. The topological polar surface area (TPSA) is 121 Å². The summed E-state index contributed by atoms with van der Waals surface area (Å²) in [6.07, 6.45) is 5.21. The zero-order chi connectivity index (χ0) is 28.9. The van der Waals surface area contributed by atoms with Crippen LogP contribution in [-0.4, -0.2) is 80.0 Å². The maximum atomic E-state index is 12.6. The molecule has 3 aromatic heterocycles. The van der Waals surface area contributed by atoms with Gasteiger partial charge in [0.15, 0.2) is 5.82 Å². The summed E-state index contributed by atoms with van der Waals surface area (Å²) in [5.74, 6) is 2.14. The van der Waals surface area contributed by atoms with Crippen molar-refractivity contribution in [2.24, 2.45) is 5.92 Å². The van der Waals surface area contributed by atoms with Gasteiger partial charge in [0.1, 0.15) is 23.4 Å². The number of anilines is 4. The number of carbonyl (C=O) groups excluding carboxylic acids is 1. The Morgan fingerprint density at radius 1 is 0.905 bits per heavy atom. The number of rotatable bonds is 9. The van der Waals surface area contributed by atoms with Gasteiger partial charge in [-0.3, -0.25) is 9.69 Å². The van der Waals surface area contributed by atoms with Crippen LogP contribution in [0.3, 0.4) is 0 Å². The first-order chi connectivity index (χ1) is 20.5. The average molecular weight is 566 g/mol. The highest BCUT2D eigenvalue weighted by Crippen LogP contribution is 2.24. The number of likely N-dealkylation sites (N-methyl/N-ethyl adjacent to an activating group) is 1. The zero-order valence-corrected chi connectivity index (χ0v) is 23.9. The van der Waals surface area contributed by atoms with Crippen LogP contribution in [0, 0.1) is 12.8 Å². The van der Waals surface area contributed by atoms with Gasteiger partial charge in [0.2, 0.25) is 5.95 Å². The number of nitrogens with zero attached hydrogens (tertiary/aromatic N) is 7. The van der Waals surface area contributed by atoms with Gasteiger partial charge in [0.25, 0.3) is 0 Å². The highest BCUT2D eigenvalue weighted by atomic mass is 16.5. The molecule has 2 N–H and O–H groups in total. The minimum absolute atomic E-state index is 0.0389. The second-order valence-electron chi connectivity index (χ2n) is 11.0. The van der Waals surface area contributed by atoms with E-state index in [0.29, 0.717) is 29.1 Å². The van der Waals surface area contributed by atoms with Crippen molar-refractivity contribution in [2.75, 3.05) is 43.9 Å². The summed E-state index contributed by atoms with van der Waals surface area (Å²) >= 11 is 0. The lowest BCUT2D eigenvalue weighted by Crippen LogP contribution is -2.28. The molecule has 4 aromatic rings. The van der Waals surface area contributed by atoms with E-state index in [1.807, 2.05) is 37.3 Å². The van der Waals surface area contributed by atoms with Crippen LogP contribution in [0.2, 0.25) is 0 Å². The maximum Gasteiger partial charge on any atom is 0.310 e. The van der Waals surface area contributed by atoms with Gasteiger partial charge in [0.05, 0.1) is 5.92 Å². The number of aryl methyl sites for hydroxylation is 1.